The molecule has 0 aromatic carbocycles. The van der Waals surface area contributed by atoms with Gasteiger partial charge in [0, 0.05) is 12.5 Å². The van der Waals surface area contributed by atoms with Crippen molar-refractivity contribution in [2.45, 2.75) is 59.5 Å². The van der Waals surface area contributed by atoms with Gasteiger partial charge >= 0.3 is 0 Å². The van der Waals surface area contributed by atoms with Gasteiger partial charge in [-0.1, -0.05) is 34.6 Å². The van der Waals surface area contributed by atoms with Crippen LogP contribution in [0.3, 0.4) is 0 Å². The molecule has 0 bridgehead atoms. The molecule has 1 aliphatic rings. The third kappa shape index (κ3) is 4.43. The van der Waals surface area contributed by atoms with Crippen LogP contribution in [0.15, 0.2) is 0 Å². The van der Waals surface area contributed by atoms with Crippen LogP contribution in [0.5, 0.6) is 0 Å². The van der Waals surface area contributed by atoms with Crippen molar-refractivity contribution in [2.75, 3.05) is 13.2 Å². The van der Waals surface area contributed by atoms with Crippen LogP contribution < -0.4 is 5.32 Å². The van der Waals surface area contributed by atoms with E-state index in [-0.39, 0.29) is 48.3 Å². The monoisotopic (exact) mass is 298 g/mol. The Hall–Kier alpha value is -1.10. The van der Waals surface area contributed by atoms with Gasteiger partial charge in [0.05, 0.1) is 12.6 Å². The maximum Gasteiger partial charge on any atom is 0.243 e. The number of carbonyl (C=O) groups excluding carboxylic acids is 2. The lowest BCUT2D eigenvalue weighted by Crippen LogP contribution is -2.52. The number of aliphatic hydroxyl groups excluding tert-OH is 1. The highest BCUT2D eigenvalue weighted by Gasteiger charge is 2.37. The summed E-state index contributed by atoms with van der Waals surface area (Å²) >= 11 is 0. The number of hydrogen-bond acceptors (Lipinski definition) is 3. The zero-order valence-corrected chi connectivity index (χ0v) is 13.9. The molecule has 3 unspecified atom stereocenters. The summed E-state index contributed by atoms with van der Waals surface area (Å²) in [5, 5.41) is 12.2. The molecule has 1 fully saturated rings. The Morgan fingerprint density at radius 1 is 1.19 bits per heavy atom. The molecule has 0 aromatic rings. The average molecular weight is 298 g/mol. The molecule has 1 aliphatic heterocycles. The van der Waals surface area contributed by atoms with Crippen LogP contribution in [-0.2, 0) is 9.59 Å². The summed E-state index contributed by atoms with van der Waals surface area (Å²) in [5.41, 5.74) is 0. The molecular weight excluding hydrogens is 268 g/mol. The lowest BCUT2D eigenvalue weighted by atomic mass is 9.96. The predicted molar refractivity (Wildman–Crippen MR) is 82.6 cm³/mol. The fourth-order valence-electron chi connectivity index (χ4n) is 2.55. The summed E-state index contributed by atoms with van der Waals surface area (Å²) in [6.07, 6.45) is 1.57. The lowest BCUT2D eigenvalue weighted by molar-refractivity contribution is -0.142. The van der Waals surface area contributed by atoms with Crippen molar-refractivity contribution >= 4 is 11.8 Å². The molecule has 122 valence electrons. The summed E-state index contributed by atoms with van der Waals surface area (Å²) in [7, 11) is 0. The zero-order chi connectivity index (χ0) is 16.2. The molecule has 1 rings (SSSR count). The topological polar surface area (TPSA) is 69.6 Å². The lowest BCUT2D eigenvalue weighted by Gasteiger charge is -2.30. The number of likely N-dealkylation sites (tertiary alicyclic amines) is 1. The summed E-state index contributed by atoms with van der Waals surface area (Å²) in [5.74, 6) is 0.288. The summed E-state index contributed by atoms with van der Waals surface area (Å²) in [4.78, 5) is 26.6. The predicted octanol–water partition coefficient (Wildman–Crippen LogP) is 1.40. The molecule has 5 heteroatoms. The third-order valence-corrected chi connectivity index (χ3v) is 4.56. The largest absolute Gasteiger partial charge is 0.394 e. The van der Waals surface area contributed by atoms with Crippen molar-refractivity contribution in [1.82, 2.24) is 10.2 Å². The van der Waals surface area contributed by atoms with E-state index in [1.165, 1.54) is 0 Å². The first kappa shape index (κ1) is 18.0. The van der Waals surface area contributed by atoms with E-state index in [2.05, 4.69) is 5.32 Å². The van der Waals surface area contributed by atoms with Crippen molar-refractivity contribution in [2.24, 2.45) is 17.8 Å². The first-order valence-corrected chi connectivity index (χ1v) is 8.01. The molecular formula is C16H30N2O3. The first-order valence-electron chi connectivity index (χ1n) is 8.01. The van der Waals surface area contributed by atoms with Gasteiger partial charge in [0.15, 0.2) is 0 Å². The van der Waals surface area contributed by atoms with Crippen LogP contribution in [-0.4, -0.2) is 47.1 Å². The number of aliphatic hydroxyl groups is 1. The third-order valence-electron chi connectivity index (χ3n) is 4.56. The molecule has 1 heterocycles. The van der Waals surface area contributed by atoms with E-state index in [1.807, 2.05) is 34.6 Å². The average Bonchev–Trinajstić information content (AvgIpc) is 2.91. The molecule has 0 aromatic heterocycles. The van der Waals surface area contributed by atoms with Crippen LogP contribution in [0.2, 0.25) is 0 Å². The van der Waals surface area contributed by atoms with Crippen LogP contribution in [0.1, 0.15) is 47.5 Å². The number of nitrogens with one attached hydrogen (secondary N) is 1. The van der Waals surface area contributed by atoms with E-state index in [1.54, 1.807) is 4.90 Å². The van der Waals surface area contributed by atoms with Gasteiger partial charge in [-0.25, -0.2) is 0 Å². The fourth-order valence-corrected chi connectivity index (χ4v) is 2.55. The standard InChI is InChI=1S/C16H30N2O3/c1-10(2)12(5)16(21)18-8-6-7-14(18)15(20)17-13(9-19)11(3)4/h10-14,19H,6-9H2,1-5H3,(H,17,20). The molecule has 2 N–H and O–H groups in total. The van der Waals surface area contributed by atoms with Crippen LogP contribution in [0.4, 0.5) is 0 Å². The van der Waals surface area contributed by atoms with Crippen molar-refractivity contribution < 1.29 is 14.7 Å². The number of rotatable bonds is 6. The zero-order valence-electron chi connectivity index (χ0n) is 13.9. The van der Waals surface area contributed by atoms with Crippen molar-refractivity contribution in [3.63, 3.8) is 0 Å². The molecule has 1 saturated heterocycles. The van der Waals surface area contributed by atoms with Crippen LogP contribution in [0, 0.1) is 17.8 Å². The highest BCUT2D eigenvalue weighted by atomic mass is 16.3. The second-order valence-corrected chi connectivity index (χ2v) is 6.76. The van der Waals surface area contributed by atoms with E-state index >= 15 is 0 Å². The normalized spacial score (nSPS) is 21.7. The second-order valence-electron chi connectivity index (χ2n) is 6.76. The molecule has 21 heavy (non-hydrogen) atoms. The van der Waals surface area contributed by atoms with E-state index in [9.17, 15) is 14.7 Å². The molecule has 2 amide bonds. The van der Waals surface area contributed by atoms with Crippen molar-refractivity contribution in [3.8, 4) is 0 Å². The first-order chi connectivity index (χ1) is 9.79. The number of carbonyl (C=O) groups is 2. The van der Waals surface area contributed by atoms with Crippen LogP contribution >= 0.6 is 0 Å². The number of nitrogens with zero attached hydrogens (tertiary/aromatic N) is 1. The molecule has 5 nitrogen and oxygen atoms in total. The quantitative estimate of drug-likeness (QED) is 0.779. The van der Waals surface area contributed by atoms with E-state index in [0.29, 0.717) is 13.0 Å². The Balaban J connectivity index is 2.72. The van der Waals surface area contributed by atoms with Gasteiger partial charge < -0.3 is 15.3 Å². The minimum atomic E-state index is -0.383. The Kier molecular flexibility index (Phi) is 6.65. The molecule has 0 saturated carbocycles. The SMILES string of the molecule is CC(C)C(CO)NC(=O)C1CCCN1C(=O)C(C)C(C)C. The highest BCUT2D eigenvalue weighted by molar-refractivity contribution is 5.89. The van der Waals surface area contributed by atoms with Gasteiger partial charge in [0.25, 0.3) is 0 Å². The molecule has 0 spiro atoms. The Labute approximate surface area is 128 Å². The minimum Gasteiger partial charge on any atom is -0.394 e. The van der Waals surface area contributed by atoms with Gasteiger partial charge in [0.1, 0.15) is 6.04 Å². The highest BCUT2D eigenvalue weighted by Crippen LogP contribution is 2.23. The maximum absolute atomic E-state index is 12.5. The van der Waals surface area contributed by atoms with Gasteiger partial charge in [-0.2, -0.15) is 0 Å². The second kappa shape index (κ2) is 7.78. The van der Waals surface area contributed by atoms with Gasteiger partial charge in [-0.15, -0.1) is 0 Å². The smallest absolute Gasteiger partial charge is 0.243 e. The van der Waals surface area contributed by atoms with Crippen LogP contribution in [0.25, 0.3) is 0 Å². The summed E-state index contributed by atoms with van der Waals surface area (Å²) < 4.78 is 0. The molecule has 3 atom stereocenters. The minimum absolute atomic E-state index is 0.0627. The summed E-state index contributed by atoms with van der Waals surface area (Å²) in [6, 6.07) is -0.635. The Morgan fingerprint density at radius 2 is 1.81 bits per heavy atom. The van der Waals surface area contributed by atoms with E-state index in [4.69, 9.17) is 0 Å². The van der Waals surface area contributed by atoms with E-state index in [0.717, 1.165) is 6.42 Å². The van der Waals surface area contributed by atoms with Gasteiger partial charge in [-0.05, 0) is 24.7 Å². The molecule has 0 aliphatic carbocycles. The number of amides is 2. The van der Waals surface area contributed by atoms with Crippen molar-refractivity contribution in [3.05, 3.63) is 0 Å². The Morgan fingerprint density at radius 3 is 2.29 bits per heavy atom. The van der Waals surface area contributed by atoms with Gasteiger partial charge in [-0.3, -0.25) is 9.59 Å². The maximum atomic E-state index is 12.5. The molecule has 0 radical (unpaired) electrons. The van der Waals surface area contributed by atoms with Crippen molar-refractivity contribution in [1.29, 1.82) is 0 Å². The summed E-state index contributed by atoms with van der Waals surface area (Å²) in [6.45, 7) is 10.5. The Bertz CT molecular complexity index is 369. The van der Waals surface area contributed by atoms with E-state index < -0.39 is 0 Å². The van der Waals surface area contributed by atoms with Gasteiger partial charge in [0.2, 0.25) is 11.8 Å². The number of hydrogen-bond donors (Lipinski definition) is 2. The fraction of sp³-hybridized carbons (Fsp3) is 0.875.